The number of nitrogens with one attached hydrogen (secondary N) is 1. The van der Waals surface area contributed by atoms with Crippen LogP contribution in [0.1, 0.15) is 28.8 Å². The molecule has 0 saturated heterocycles. The number of carbonyl (C=O) groups is 2. The molecule has 0 bridgehead atoms. The van der Waals surface area contributed by atoms with Gasteiger partial charge in [0.15, 0.2) is 17.3 Å². The minimum atomic E-state index is -0.571. The van der Waals surface area contributed by atoms with Crippen molar-refractivity contribution in [3.63, 3.8) is 0 Å². The molecule has 0 unspecified atom stereocenters. The Kier molecular flexibility index (Phi) is 6.51. The van der Waals surface area contributed by atoms with Gasteiger partial charge in [0, 0.05) is 19.4 Å². The lowest BCUT2D eigenvalue weighted by molar-refractivity contribution is -0.121. The van der Waals surface area contributed by atoms with E-state index in [1.165, 1.54) is 25.3 Å². The highest BCUT2D eigenvalue weighted by Gasteiger charge is 2.13. The number of benzene rings is 2. The molecular formula is C19H20FNO4. The predicted molar refractivity (Wildman–Crippen MR) is 91.4 cm³/mol. The molecule has 0 aliphatic carbocycles. The first-order valence-electron chi connectivity index (χ1n) is 7.80. The van der Waals surface area contributed by atoms with Gasteiger partial charge in [-0.3, -0.25) is 9.59 Å². The van der Waals surface area contributed by atoms with Crippen molar-refractivity contribution in [2.24, 2.45) is 0 Å². The zero-order valence-electron chi connectivity index (χ0n) is 14.2. The van der Waals surface area contributed by atoms with Gasteiger partial charge in [0.05, 0.1) is 19.8 Å². The molecular weight excluding hydrogens is 325 g/mol. The number of hydrogen-bond acceptors (Lipinski definition) is 4. The molecule has 0 atom stereocenters. The van der Waals surface area contributed by atoms with Crippen molar-refractivity contribution in [2.45, 2.75) is 19.4 Å². The molecule has 2 rings (SSSR count). The monoisotopic (exact) mass is 345 g/mol. The third-order valence-electron chi connectivity index (χ3n) is 3.69. The zero-order valence-corrected chi connectivity index (χ0v) is 14.2. The van der Waals surface area contributed by atoms with Crippen LogP contribution in [0.3, 0.4) is 0 Å². The van der Waals surface area contributed by atoms with Gasteiger partial charge in [-0.2, -0.15) is 0 Å². The van der Waals surface area contributed by atoms with Crippen LogP contribution in [0.15, 0.2) is 42.5 Å². The second-order valence-corrected chi connectivity index (χ2v) is 5.37. The molecule has 0 aliphatic rings. The quantitative estimate of drug-likeness (QED) is 0.747. The molecule has 0 fully saturated rings. The summed E-state index contributed by atoms with van der Waals surface area (Å²) >= 11 is 0. The van der Waals surface area contributed by atoms with Crippen LogP contribution in [0.25, 0.3) is 0 Å². The third-order valence-corrected chi connectivity index (χ3v) is 3.69. The number of methoxy groups -OCH3 is 2. The largest absolute Gasteiger partial charge is 0.493 e. The van der Waals surface area contributed by atoms with E-state index in [1.807, 2.05) is 6.07 Å². The highest BCUT2D eigenvalue weighted by Crippen LogP contribution is 2.27. The first-order chi connectivity index (χ1) is 12.0. The molecule has 0 aliphatic heterocycles. The lowest BCUT2D eigenvalue weighted by Crippen LogP contribution is -2.23. The Morgan fingerprint density at radius 1 is 1.00 bits per heavy atom. The molecule has 1 N–H and O–H groups in total. The number of ether oxygens (including phenoxy) is 2. The number of hydrogen-bond donors (Lipinski definition) is 1. The van der Waals surface area contributed by atoms with Gasteiger partial charge in [0.1, 0.15) is 5.82 Å². The Morgan fingerprint density at radius 3 is 2.40 bits per heavy atom. The molecule has 25 heavy (non-hydrogen) atoms. The summed E-state index contributed by atoms with van der Waals surface area (Å²) in [4.78, 5) is 23.8. The summed E-state index contributed by atoms with van der Waals surface area (Å²) in [5.41, 5.74) is 0.849. The highest BCUT2D eigenvalue weighted by molar-refractivity contribution is 5.98. The Labute approximate surface area is 145 Å². The summed E-state index contributed by atoms with van der Waals surface area (Å²) in [6, 6.07) is 11.1. The van der Waals surface area contributed by atoms with Crippen LogP contribution in [0.2, 0.25) is 0 Å². The van der Waals surface area contributed by atoms with Crippen LogP contribution in [0.4, 0.5) is 4.39 Å². The minimum Gasteiger partial charge on any atom is -0.493 e. The van der Waals surface area contributed by atoms with Crippen molar-refractivity contribution in [1.29, 1.82) is 0 Å². The minimum absolute atomic E-state index is 0.000454. The summed E-state index contributed by atoms with van der Waals surface area (Å²) in [7, 11) is 3.08. The summed E-state index contributed by atoms with van der Waals surface area (Å²) in [5.74, 6) is -0.0610. The van der Waals surface area contributed by atoms with Crippen molar-refractivity contribution in [2.75, 3.05) is 14.2 Å². The summed E-state index contributed by atoms with van der Waals surface area (Å²) < 4.78 is 23.9. The molecule has 0 aromatic heterocycles. The standard InChI is InChI=1S/C19H20FNO4/c1-24-17-9-7-13(11-18(17)25-2)12-21-19(23)10-8-16(22)14-5-3-4-6-15(14)20/h3-7,9,11H,8,10,12H2,1-2H3,(H,21,23). The van der Waals surface area contributed by atoms with Gasteiger partial charge in [-0.1, -0.05) is 18.2 Å². The fourth-order valence-corrected chi connectivity index (χ4v) is 2.33. The number of ketones is 1. The number of amides is 1. The van der Waals surface area contributed by atoms with Crippen molar-refractivity contribution >= 4 is 11.7 Å². The molecule has 1 amide bonds. The average Bonchev–Trinajstić information content (AvgIpc) is 2.64. The third kappa shape index (κ3) is 5.04. The van der Waals surface area contributed by atoms with Crippen LogP contribution in [0.5, 0.6) is 11.5 Å². The molecule has 2 aromatic rings. The van der Waals surface area contributed by atoms with Crippen molar-refractivity contribution in [3.05, 3.63) is 59.4 Å². The molecule has 0 saturated carbocycles. The van der Waals surface area contributed by atoms with Crippen LogP contribution < -0.4 is 14.8 Å². The van der Waals surface area contributed by atoms with E-state index < -0.39 is 5.82 Å². The summed E-state index contributed by atoms with van der Waals surface area (Å²) in [5, 5.41) is 2.73. The average molecular weight is 345 g/mol. The van der Waals surface area contributed by atoms with Crippen LogP contribution >= 0.6 is 0 Å². The molecule has 0 spiro atoms. The van der Waals surface area contributed by atoms with Gasteiger partial charge >= 0.3 is 0 Å². The van der Waals surface area contributed by atoms with E-state index in [0.29, 0.717) is 18.0 Å². The fourth-order valence-electron chi connectivity index (χ4n) is 2.33. The molecule has 0 radical (unpaired) electrons. The van der Waals surface area contributed by atoms with Crippen LogP contribution in [-0.2, 0) is 11.3 Å². The van der Waals surface area contributed by atoms with Gasteiger partial charge in [-0.05, 0) is 29.8 Å². The topological polar surface area (TPSA) is 64.6 Å². The molecule has 6 heteroatoms. The van der Waals surface area contributed by atoms with E-state index >= 15 is 0 Å². The lowest BCUT2D eigenvalue weighted by atomic mass is 10.1. The second-order valence-electron chi connectivity index (χ2n) is 5.37. The van der Waals surface area contributed by atoms with Crippen molar-refractivity contribution in [3.8, 4) is 11.5 Å². The number of Topliss-reactive ketones (excluding diaryl/α,β-unsaturated/α-hetero) is 1. The van der Waals surface area contributed by atoms with Crippen LogP contribution in [-0.4, -0.2) is 25.9 Å². The lowest BCUT2D eigenvalue weighted by Gasteiger charge is -2.10. The SMILES string of the molecule is COc1ccc(CNC(=O)CCC(=O)c2ccccc2F)cc1OC. The zero-order chi connectivity index (χ0) is 18.2. The second kappa shape index (κ2) is 8.82. The maximum Gasteiger partial charge on any atom is 0.220 e. The Hall–Kier alpha value is -2.89. The van der Waals surface area contributed by atoms with Gasteiger partial charge in [0.2, 0.25) is 5.91 Å². The normalized spacial score (nSPS) is 10.2. The molecule has 5 nitrogen and oxygen atoms in total. The Bertz CT molecular complexity index is 761. The summed E-state index contributed by atoms with van der Waals surface area (Å²) in [6.07, 6.45) is -0.0425. The van der Waals surface area contributed by atoms with Gasteiger partial charge < -0.3 is 14.8 Å². The first kappa shape index (κ1) is 18.4. The van der Waals surface area contributed by atoms with E-state index in [4.69, 9.17) is 9.47 Å². The predicted octanol–water partition coefficient (Wildman–Crippen LogP) is 3.12. The maximum atomic E-state index is 13.5. The number of rotatable bonds is 8. The fraction of sp³-hybridized carbons (Fsp3) is 0.263. The maximum absolute atomic E-state index is 13.5. The smallest absolute Gasteiger partial charge is 0.220 e. The van der Waals surface area contributed by atoms with E-state index in [9.17, 15) is 14.0 Å². The van der Waals surface area contributed by atoms with Crippen molar-refractivity contribution < 1.29 is 23.5 Å². The van der Waals surface area contributed by atoms with E-state index in [0.717, 1.165) is 5.56 Å². The summed E-state index contributed by atoms with van der Waals surface area (Å²) in [6.45, 7) is 0.299. The van der Waals surface area contributed by atoms with E-state index in [1.54, 1.807) is 25.3 Å². The molecule has 0 heterocycles. The van der Waals surface area contributed by atoms with Gasteiger partial charge in [-0.15, -0.1) is 0 Å². The number of carbonyl (C=O) groups excluding carboxylic acids is 2. The highest BCUT2D eigenvalue weighted by atomic mass is 19.1. The van der Waals surface area contributed by atoms with Crippen LogP contribution in [0, 0.1) is 5.82 Å². The van der Waals surface area contributed by atoms with E-state index in [-0.39, 0.29) is 30.1 Å². The number of halogens is 1. The molecule has 132 valence electrons. The Morgan fingerprint density at radius 2 is 1.72 bits per heavy atom. The van der Waals surface area contributed by atoms with Gasteiger partial charge in [-0.25, -0.2) is 4.39 Å². The molecule has 2 aromatic carbocycles. The van der Waals surface area contributed by atoms with E-state index in [2.05, 4.69) is 5.32 Å². The Balaban J connectivity index is 1.85. The van der Waals surface area contributed by atoms with Crippen molar-refractivity contribution in [1.82, 2.24) is 5.32 Å². The first-order valence-corrected chi connectivity index (χ1v) is 7.80. The van der Waals surface area contributed by atoms with Gasteiger partial charge in [0.25, 0.3) is 0 Å².